The van der Waals surface area contributed by atoms with E-state index in [1.54, 1.807) is 0 Å². The zero-order chi connectivity index (χ0) is 16.0. The second-order valence-corrected chi connectivity index (χ2v) is 7.60. The van der Waals surface area contributed by atoms with E-state index in [1.807, 2.05) is 0 Å². The highest BCUT2D eigenvalue weighted by Crippen LogP contribution is 2.33. The van der Waals surface area contributed by atoms with Gasteiger partial charge in [-0.1, -0.05) is 63.3 Å². The lowest BCUT2D eigenvalue weighted by Gasteiger charge is -2.19. The Hall–Kier alpha value is -2.35. The van der Waals surface area contributed by atoms with Crippen molar-refractivity contribution in [2.24, 2.45) is 5.41 Å². The molecule has 0 bridgehead atoms. The maximum Gasteiger partial charge on any atom is 0.141 e. The molecule has 1 aliphatic rings. The minimum Gasteiger partial charge on any atom is -0.320 e. The fourth-order valence-electron chi connectivity index (χ4n) is 3.47. The molecule has 0 spiro atoms. The fourth-order valence-corrected chi connectivity index (χ4v) is 3.47. The SMILES string of the molecule is CC(C)(C)Cc1cc2c3c(c1)nc(-c1ccccc1)n3CC=C2. The van der Waals surface area contributed by atoms with Gasteiger partial charge in [0.1, 0.15) is 5.82 Å². The van der Waals surface area contributed by atoms with Gasteiger partial charge in [0.05, 0.1) is 11.0 Å². The third-order valence-corrected chi connectivity index (χ3v) is 4.28. The van der Waals surface area contributed by atoms with E-state index in [-0.39, 0.29) is 5.41 Å². The number of allylic oxidation sites excluding steroid dienone is 1. The molecule has 2 nitrogen and oxygen atoms in total. The van der Waals surface area contributed by atoms with Gasteiger partial charge in [-0.05, 0) is 29.5 Å². The summed E-state index contributed by atoms with van der Waals surface area (Å²) in [6, 6.07) is 15.1. The van der Waals surface area contributed by atoms with Crippen LogP contribution in [-0.4, -0.2) is 9.55 Å². The summed E-state index contributed by atoms with van der Waals surface area (Å²) in [6.07, 6.45) is 5.54. The van der Waals surface area contributed by atoms with E-state index in [9.17, 15) is 0 Å². The molecule has 3 aromatic rings. The van der Waals surface area contributed by atoms with E-state index in [4.69, 9.17) is 4.98 Å². The van der Waals surface area contributed by atoms with E-state index < -0.39 is 0 Å². The van der Waals surface area contributed by atoms with Crippen LogP contribution >= 0.6 is 0 Å². The van der Waals surface area contributed by atoms with Gasteiger partial charge >= 0.3 is 0 Å². The van der Waals surface area contributed by atoms with Crippen molar-refractivity contribution in [2.45, 2.75) is 33.7 Å². The summed E-state index contributed by atoms with van der Waals surface area (Å²) in [5, 5.41) is 0. The van der Waals surface area contributed by atoms with Crippen LogP contribution in [0.5, 0.6) is 0 Å². The van der Waals surface area contributed by atoms with Crippen molar-refractivity contribution in [3.8, 4) is 11.4 Å². The summed E-state index contributed by atoms with van der Waals surface area (Å²) in [6.45, 7) is 7.75. The predicted molar refractivity (Wildman–Crippen MR) is 97.4 cm³/mol. The van der Waals surface area contributed by atoms with Gasteiger partial charge in [-0.15, -0.1) is 0 Å². The first-order chi connectivity index (χ1) is 11.0. The fraction of sp³-hybridized carbons (Fsp3) is 0.286. The highest BCUT2D eigenvalue weighted by atomic mass is 15.1. The normalized spacial score (nSPS) is 13.7. The molecule has 1 aromatic heterocycles. The van der Waals surface area contributed by atoms with Gasteiger partial charge in [-0.25, -0.2) is 4.98 Å². The predicted octanol–water partition coefficient (Wildman–Crippen LogP) is 5.32. The molecule has 2 heteroatoms. The van der Waals surface area contributed by atoms with Crippen LogP contribution in [0.15, 0.2) is 48.5 Å². The monoisotopic (exact) mass is 302 g/mol. The van der Waals surface area contributed by atoms with Crippen LogP contribution in [0.2, 0.25) is 0 Å². The van der Waals surface area contributed by atoms with Crippen LogP contribution in [-0.2, 0) is 13.0 Å². The molecule has 4 rings (SSSR count). The molecule has 0 aliphatic carbocycles. The van der Waals surface area contributed by atoms with E-state index in [0.717, 1.165) is 24.3 Å². The van der Waals surface area contributed by atoms with Crippen LogP contribution in [0.25, 0.3) is 28.5 Å². The summed E-state index contributed by atoms with van der Waals surface area (Å²) in [4.78, 5) is 4.97. The van der Waals surface area contributed by atoms with Crippen LogP contribution in [0.4, 0.5) is 0 Å². The summed E-state index contributed by atoms with van der Waals surface area (Å²) in [5.74, 6) is 1.07. The van der Waals surface area contributed by atoms with Crippen LogP contribution in [0, 0.1) is 5.41 Å². The van der Waals surface area contributed by atoms with Crippen LogP contribution in [0.3, 0.4) is 0 Å². The Morgan fingerprint density at radius 3 is 2.61 bits per heavy atom. The van der Waals surface area contributed by atoms with E-state index in [0.29, 0.717) is 0 Å². The van der Waals surface area contributed by atoms with Crippen molar-refractivity contribution >= 4 is 17.1 Å². The van der Waals surface area contributed by atoms with Crippen molar-refractivity contribution in [3.05, 3.63) is 59.7 Å². The molecule has 23 heavy (non-hydrogen) atoms. The topological polar surface area (TPSA) is 17.8 Å². The van der Waals surface area contributed by atoms with Crippen molar-refractivity contribution in [2.75, 3.05) is 0 Å². The number of imidazole rings is 1. The molecule has 1 aliphatic heterocycles. The first-order valence-corrected chi connectivity index (χ1v) is 8.26. The Morgan fingerprint density at radius 2 is 1.87 bits per heavy atom. The number of benzene rings is 2. The summed E-state index contributed by atoms with van der Waals surface area (Å²) < 4.78 is 2.33. The van der Waals surface area contributed by atoms with Crippen molar-refractivity contribution in [1.29, 1.82) is 0 Å². The molecular weight excluding hydrogens is 280 g/mol. The first kappa shape index (κ1) is 14.3. The smallest absolute Gasteiger partial charge is 0.141 e. The molecule has 0 saturated heterocycles. The average molecular weight is 302 g/mol. The quantitative estimate of drug-likeness (QED) is 0.626. The van der Waals surface area contributed by atoms with Crippen molar-refractivity contribution in [1.82, 2.24) is 9.55 Å². The molecule has 0 radical (unpaired) electrons. The van der Waals surface area contributed by atoms with Gasteiger partial charge in [-0.3, -0.25) is 0 Å². The lowest BCUT2D eigenvalue weighted by atomic mass is 9.87. The Bertz CT molecular complexity index is 893. The second-order valence-electron chi connectivity index (χ2n) is 7.60. The largest absolute Gasteiger partial charge is 0.320 e. The maximum absolute atomic E-state index is 4.97. The first-order valence-electron chi connectivity index (χ1n) is 8.26. The molecule has 0 fully saturated rings. The van der Waals surface area contributed by atoms with E-state index >= 15 is 0 Å². The minimum absolute atomic E-state index is 0.281. The van der Waals surface area contributed by atoms with Gasteiger partial charge in [0, 0.05) is 17.7 Å². The number of hydrogen-bond acceptors (Lipinski definition) is 1. The second kappa shape index (κ2) is 5.09. The average Bonchev–Trinajstić information content (AvgIpc) is 2.87. The third-order valence-electron chi connectivity index (χ3n) is 4.28. The molecule has 0 N–H and O–H groups in total. The highest BCUT2D eigenvalue weighted by Gasteiger charge is 2.19. The molecule has 0 unspecified atom stereocenters. The number of nitrogens with zero attached hydrogens (tertiary/aromatic N) is 2. The zero-order valence-corrected chi connectivity index (χ0v) is 14.0. The number of rotatable bonds is 2. The van der Waals surface area contributed by atoms with Crippen molar-refractivity contribution < 1.29 is 0 Å². The molecule has 2 aromatic carbocycles. The van der Waals surface area contributed by atoms with Gasteiger partial charge in [0.15, 0.2) is 0 Å². The van der Waals surface area contributed by atoms with E-state index in [2.05, 4.69) is 80.0 Å². The van der Waals surface area contributed by atoms with Gasteiger partial charge in [0.25, 0.3) is 0 Å². The van der Waals surface area contributed by atoms with Gasteiger partial charge < -0.3 is 4.57 Å². The summed E-state index contributed by atoms with van der Waals surface area (Å²) in [5.41, 5.74) is 6.51. The Kier molecular flexibility index (Phi) is 3.15. The Balaban J connectivity index is 1.92. The van der Waals surface area contributed by atoms with Crippen LogP contribution < -0.4 is 0 Å². The minimum atomic E-state index is 0.281. The molecule has 0 atom stereocenters. The van der Waals surface area contributed by atoms with Crippen molar-refractivity contribution in [3.63, 3.8) is 0 Å². The zero-order valence-electron chi connectivity index (χ0n) is 14.0. The summed E-state index contributed by atoms with van der Waals surface area (Å²) in [7, 11) is 0. The lowest BCUT2D eigenvalue weighted by Crippen LogP contribution is -2.09. The molecule has 0 saturated carbocycles. The number of hydrogen-bond donors (Lipinski definition) is 0. The summed E-state index contributed by atoms with van der Waals surface area (Å²) >= 11 is 0. The molecule has 0 amide bonds. The maximum atomic E-state index is 4.97. The Labute approximate surface area is 137 Å². The molecule has 2 heterocycles. The number of aromatic nitrogens is 2. The van der Waals surface area contributed by atoms with E-state index in [1.165, 1.54) is 22.2 Å². The van der Waals surface area contributed by atoms with Crippen LogP contribution in [0.1, 0.15) is 31.9 Å². The third kappa shape index (κ3) is 2.59. The lowest BCUT2D eigenvalue weighted by molar-refractivity contribution is 0.411. The van der Waals surface area contributed by atoms with Gasteiger partial charge in [-0.2, -0.15) is 0 Å². The molecular formula is C21H22N2. The molecule has 116 valence electrons. The van der Waals surface area contributed by atoms with Gasteiger partial charge in [0.2, 0.25) is 0 Å². The Morgan fingerprint density at radius 1 is 1.09 bits per heavy atom. The highest BCUT2D eigenvalue weighted by molar-refractivity contribution is 5.90. The standard InChI is InChI=1S/C21H22N2/c1-21(2,3)14-15-12-17-10-7-11-23-19(17)18(13-15)22-20(23)16-8-5-4-6-9-16/h4-10,12-13H,11,14H2,1-3H3.